The second kappa shape index (κ2) is 4.77. The minimum atomic E-state index is -0.405. The predicted octanol–water partition coefficient (Wildman–Crippen LogP) is 3.24. The highest BCUT2D eigenvalue weighted by atomic mass is 35.5. The summed E-state index contributed by atoms with van der Waals surface area (Å²) in [6.07, 6.45) is 1.82. The third-order valence-electron chi connectivity index (χ3n) is 1.90. The summed E-state index contributed by atoms with van der Waals surface area (Å²) in [7, 11) is 0. The van der Waals surface area contributed by atoms with E-state index in [4.69, 9.17) is 11.6 Å². The lowest BCUT2D eigenvalue weighted by Crippen LogP contribution is -1.89. The second-order valence-electron chi connectivity index (χ2n) is 2.85. The molecule has 0 radical (unpaired) electrons. The van der Waals surface area contributed by atoms with E-state index in [0.717, 1.165) is 11.1 Å². The molecule has 0 unspecified atom stereocenters. The van der Waals surface area contributed by atoms with Crippen LogP contribution in [0.2, 0.25) is 0 Å². The Balaban J connectivity index is 3.05. The topological polar surface area (TPSA) is 43.1 Å². The molecule has 0 fully saturated rings. The van der Waals surface area contributed by atoms with Crippen molar-refractivity contribution in [2.45, 2.75) is 6.92 Å². The van der Waals surface area contributed by atoms with Gasteiger partial charge in [0.15, 0.2) is 0 Å². The maximum Gasteiger partial charge on any atom is 0.270 e. The zero-order chi connectivity index (χ0) is 10.6. The first-order valence-electron chi connectivity index (χ1n) is 4.12. The lowest BCUT2D eigenvalue weighted by molar-refractivity contribution is -0.384. The molecule has 0 N–H and O–H groups in total. The van der Waals surface area contributed by atoms with Crippen molar-refractivity contribution in [3.8, 4) is 0 Å². The van der Waals surface area contributed by atoms with E-state index >= 15 is 0 Å². The first kappa shape index (κ1) is 10.7. The molecular weight excluding hydrogens is 202 g/mol. The Labute approximate surface area is 87.2 Å². The molecule has 0 amide bonds. The molecule has 0 saturated heterocycles. The quantitative estimate of drug-likeness (QED) is 0.438. The van der Waals surface area contributed by atoms with E-state index in [2.05, 4.69) is 0 Å². The van der Waals surface area contributed by atoms with E-state index in [9.17, 15) is 10.1 Å². The molecular formula is C10H10ClNO2. The molecule has 3 nitrogen and oxygen atoms in total. The lowest BCUT2D eigenvalue weighted by atomic mass is 10.1. The standard InChI is InChI=1S/C10H10ClNO2/c1-8(5-6-11)9-3-2-4-10(7-9)12(13)14/h2-5,7H,6H2,1H3/b8-5+. The van der Waals surface area contributed by atoms with Crippen molar-refractivity contribution in [1.29, 1.82) is 0 Å². The summed E-state index contributed by atoms with van der Waals surface area (Å²) in [5.74, 6) is 0.411. The van der Waals surface area contributed by atoms with Crippen molar-refractivity contribution >= 4 is 22.9 Å². The third-order valence-corrected chi connectivity index (χ3v) is 2.05. The Bertz CT molecular complexity index is 374. The van der Waals surface area contributed by atoms with E-state index in [-0.39, 0.29) is 5.69 Å². The van der Waals surface area contributed by atoms with Crippen LogP contribution < -0.4 is 0 Å². The van der Waals surface area contributed by atoms with Crippen molar-refractivity contribution < 1.29 is 4.92 Å². The van der Waals surface area contributed by atoms with Crippen LogP contribution in [0.3, 0.4) is 0 Å². The maximum atomic E-state index is 10.5. The lowest BCUT2D eigenvalue weighted by Gasteiger charge is -2.00. The van der Waals surface area contributed by atoms with E-state index in [1.54, 1.807) is 12.1 Å². The molecule has 0 aromatic heterocycles. The summed E-state index contributed by atoms with van der Waals surface area (Å²) in [4.78, 5) is 10.1. The van der Waals surface area contributed by atoms with Gasteiger partial charge < -0.3 is 0 Å². The van der Waals surface area contributed by atoms with Crippen LogP contribution in [0.1, 0.15) is 12.5 Å². The third kappa shape index (κ3) is 2.57. The van der Waals surface area contributed by atoms with Gasteiger partial charge in [-0.15, -0.1) is 11.6 Å². The van der Waals surface area contributed by atoms with Crippen molar-refractivity contribution in [2.24, 2.45) is 0 Å². The molecule has 1 aromatic rings. The summed E-state index contributed by atoms with van der Waals surface area (Å²) < 4.78 is 0. The number of alkyl halides is 1. The van der Waals surface area contributed by atoms with Gasteiger partial charge in [-0.2, -0.15) is 0 Å². The summed E-state index contributed by atoms with van der Waals surface area (Å²) in [6, 6.07) is 6.50. The average molecular weight is 212 g/mol. The zero-order valence-corrected chi connectivity index (χ0v) is 8.49. The van der Waals surface area contributed by atoms with E-state index in [0.29, 0.717) is 5.88 Å². The number of nitro groups is 1. The molecule has 1 rings (SSSR count). The molecule has 0 saturated carbocycles. The van der Waals surface area contributed by atoms with E-state index in [1.165, 1.54) is 6.07 Å². The van der Waals surface area contributed by atoms with Gasteiger partial charge in [-0.3, -0.25) is 10.1 Å². The highest BCUT2D eigenvalue weighted by molar-refractivity contribution is 6.19. The normalized spacial score (nSPS) is 11.4. The van der Waals surface area contributed by atoms with Crippen LogP contribution in [-0.2, 0) is 0 Å². The van der Waals surface area contributed by atoms with Gasteiger partial charge in [-0.1, -0.05) is 18.2 Å². The number of rotatable bonds is 3. The SMILES string of the molecule is C/C(=C\CCl)c1cccc([N+](=O)[O-])c1. The second-order valence-corrected chi connectivity index (χ2v) is 3.16. The van der Waals surface area contributed by atoms with Gasteiger partial charge in [-0.05, 0) is 18.1 Å². The summed E-state index contributed by atoms with van der Waals surface area (Å²) in [5.41, 5.74) is 1.88. The van der Waals surface area contributed by atoms with Crippen LogP contribution in [0, 0.1) is 10.1 Å². The Morgan fingerprint density at radius 3 is 2.93 bits per heavy atom. The van der Waals surface area contributed by atoms with Gasteiger partial charge >= 0.3 is 0 Å². The van der Waals surface area contributed by atoms with E-state index in [1.807, 2.05) is 19.1 Å². The van der Waals surface area contributed by atoms with Crippen molar-refractivity contribution in [3.05, 3.63) is 46.0 Å². The molecule has 74 valence electrons. The minimum absolute atomic E-state index is 0.102. The molecule has 0 spiro atoms. The predicted molar refractivity (Wildman–Crippen MR) is 57.5 cm³/mol. The van der Waals surface area contributed by atoms with Crippen molar-refractivity contribution in [3.63, 3.8) is 0 Å². The molecule has 0 aliphatic heterocycles. The fraction of sp³-hybridized carbons (Fsp3) is 0.200. The van der Waals surface area contributed by atoms with Crippen LogP contribution in [0.25, 0.3) is 5.57 Å². The number of nitrogens with zero attached hydrogens (tertiary/aromatic N) is 1. The summed E-state index contributed by atoms with van der Waals surface area (Å²) >= 11 is 5.54. The summed E-state index contributed by atoms with van der Waals surface area (Å²) in [5, 5.41) is 10.5. The Kier molecular flexibility index (Phi) is 3.65. The zero-order valence-electron chi connectivity index (χ0n) is 7.74. The Hall–Kier alpha value is -1.35. The number of allylic oxidation sites excluding steroid dienone is 2. The molecule has 14 heavy (non-hydrogen) atoms. The molecule has 0 heterocycles. The van der Waals surface area contributed by atoms with E-state index < -0.39 is 4.92 Å². The van der Waals surface area contributed by atoms with Crippen LogP contribution in [0.4, 0.5) is 5.69 Å². The Morgan fingerprint density at radius 1 is 1.64 bits per heavy atom. The van der Waals surface area contributed by atoms with Gasteiger partial charge in [0.05, 0.1) is 4.92 Å². The van der Waals surface area contributed by atoms with Gasteiger partial charge in [0.25, 0.3) is 5.69 Å². The van der Waals surface area contributed by atoms with Crippen LogP contribution in [0.5, 0.6) is 0 Å². The van der Waals surface area contributed by atoms with Crippen LogP contribution >= 0.6 is 11.6 Å². The number of hydrogen-bond donors (Lipinski definition) is 0. The molecule has 0 aliphatic carbocycles. The molecule has 0 atom stereocenters. The first-order chi connectivity index (χ1) is 6.65. The number of non-ortho nitro benzene ring substituents is 1. The van der Waals surface area contributed by atoms with Gasteiger partial charge in [0.1, 0.15) is 0 Å². The van der Waals surface area contributed by atoms with Crippen LogP contribution in [-0.4, -0.2) is 10.8 Å². The summed E-state index contributed by atoms with van der Waals surface area (Å²) in [6.45, 7) is 1.88. The monoisotopic (exact) mass is 211 g/mol. The largest absolute Gasteiger partial charge is 0.270 e. The molecule has 0 aliphatic rings. The fourth-order valence-electron chi connectivity index (χ4n) is 1.10. The first-order valence-corrected chi connectivity index (χ1v) is 4.66. The number of nitro benzene ring substituents is 1. The van der Waals surface area contributed by atoms with Crippen molar-refractivity contribution in [1.82, 2.24) is 0 Å². The van der Waals surface area contributed by atoms with Gasteiger partial charge in [-0.25, -0.2) is 0 Å². The number of hydrogen-bond acceptors (Lipinski definition) is 2. The molecule has 1 aromatic carbocycles. The van der Waals surface area contributed by atoms with Crippen molar-refractivity contribution in [2.75, 3.05) is 5.88 Å². The van der Waals surface area contributed by atoms with Gasteiger partial charge in [0.2, 0.25) is 0 Å². The van der Waals surface area contributed by atoms with Crippen LogP contribution in [0.15, 0.2) is 30.3 Å². The van der Waals surface area contributed by atoms with Gasteiger partial charge in [0, 0.05) is 18.0 Å². The number of halogens is 1. The Morgan fingerprint density at radius 2 is 2.36 bits per heavy atom. The minimum Gasteiger partial charge on any atom is -0.258 e. The average Bonchev–Trinajstić information content (AvgIpc) is 2.18. The smallest absolute Gasteiger partial charge is 0.258 e. The molecule has 0 bridgehead atoms. The highest BCUT2D eigenvalue weighted by Crippen LogP contribution is 2.19. The highest BCUT2D eigenvalue weighted by Gasteiger charge is 2.05. The number of benzene rings is 1. The maximum absolute atomic E-state index is 10.5. The fourth-order valence-corrected chi connectivity index (χ4v) is 1.33. The molecule has 4 heteroatoms.